The van der Waals surface area contributed by atoms with Gasteiger partial charge in [0.15, 0.2) is 0 Å². The molecule has 0 aromatic heterocycles. The SMILES string of the molecule is CC(O)(CNC(=O)CNC(=O)CNC(=O)OCC1c2ccccc2-c2ccccc21)CC(=O)O. The Morgan fingerprint density at radius 3 is 2.00 bits per heavy atom. The van der Waals surface area contributed by atoms with Crippen molar-refractivity contribution in [2.45, 2.75) is 24.9 Å². The van der Waals surface area contributed by atoms with E-state index in [-0.39, 0.29) is 25.6 Å². The van der Waals surface area contributed by atoms with Gasteiger partial charge in [-0.1, -0.05) is 48.5 Å². The fourth-order valence-corrected chi connectivity index (χ4v) is 3.78. The Morgan fingerprint density at radius 2 is 1.41 bits per heavy atom. The third kappa shape index (κ3) is 6.55. The van der Waals surface area contributed by atoms with Gasteiger partial charge in [0.05, 0.1) is 18.6 Å². The Hall–Kier alpha value is -3.92. The number of hydrogen-bond acceptors (Lipinski definition) is 6. The lowest BCUT2D eigenvalue weighted by molar-refractivity contribution is -0.142. The molecule has 3 rings (SSSR count). The van der Waals surface area contributed by atoms with Gasteiger partial charge in [-0.05, 0) is 29.2 Å². The zero-order chi connectivity index (χ0) is 24.7. The van der Waals surface area contributed by atoms with Gasteiger partial charge in [0, 0.05) is 12.5 Å². The van der Waals surface area contributed by atoms with Crippen LogP contribution in [0.15, 0.2) is 48.5 Å². The highest BCUT2D eigenvalue weighted by Gasteiger charge is 2.29. The maximum Gasteiger partial charge on any atom is 0.407 e. The molecule has 1 aliphatic rings. The lowest BCUT2D eigenvalue weighted by Crippen LogP contribution is -2.46. The van der Waals surface area contributed by atoms with Gasteiger partial charge in [-0.2, -0.15) is 0 Å². The second-order valence-corrected chi connectivity index (χ2v) is 8.30. The lowest BCUT2D eigenvalue weighted by atomic mass is 9.98. The van der Waals surface area contributed by atoms with Crippen LogP contribution in [-0.2, 0) is 19.1 Å². The monoisotopic (exact) mass is 469 g/mol. The molecule has 0 saturated carbocycles. The lowest BCUT2D eigenvalue weighted by Gasteiger charge is -2.21. The van der Waals surface area contributed by atoms with E-state index >= 15 is 0 Å². The van der Waals surface area contributed by atoms with Crippen molar-refractivity contribution in [3.05, 3.63) is 59.7 Å². The molecule has 10 heteroatoms. The summed E-state index contributed by atoms with van der Waals surface area (Å²) in [5.74, 6) is -2.53. The fraction of sp³-hybridized carbons (Fsp3) is 0.333. The number of rotatable bonds is 10. The standard InChI is InChI=1S/C24H27N3O7/c1-24(33,10-22(30)31)14-27-21(29)11-25-20(28)12-26-23(32)34-13-19-17-8-4-2-6-15(17)16-7-3-5-9-18(16)19/h2-9,19,33H,10-14H2,1H3,(H,25,28)(H,26,32)(H,27,29)(H,30,31). The van der Waals surface area contributed by atoms with E-state index in [4.69, 9.17) is 9.84 Å². The van der Waals surface area contributed by atoms with Gasteiger partial charge in [-0.3, -0.25) is 14.4 Å². The summed E-state index contributed by atoms with van der Waals surface area (Å²) < 4.78 is 5.34. The molecule has 1 unspecified atom stereocenters. The third-order valence-corrected chi connectivity index (χ3v) is 5.38. The predicted octanol–water partition coefficient (Wildman–Crippen LogP) is 0.983. The van der Waals surface area contributed by atoms with Crippen LogP contribution in [-0.4, -0.2) is 65.9 Å². The topological polar surface area (TPSA) is 154 Å². The van der Waals surface area contributed by atoms with E-state index in [2.05, 4.69) is 16.0 Å². The molecule has 10 nitrogen and oxygen atoms in total. The molecular weight excluding hydrogens is 442 g/mol. The van der Waals surface area contributed by atoms with Gasteiger partial charge in [-0.25, -0.2) is 4.79 Å². The first-order valence-electron chi connectivity index (χ1n) is 10.7. The normalized spacial score (nSPS) is 13.7. The number of carboxylic acid groups (broad SMARTS) is 1. The molecule has 2 aromatic carbocycles. The number of aliphatic carboxylic acids is 1. The molecule has 0 heterocycles. The van der Waals surface area contributed by atoms with Crippen LogP contribution < -0.4 is 16.0 Å². The Bertz CT molecular complexity index is 1040. The van der Waals surface area contributed by atoms with Crippen LogP contribution in [0.2, 0.25) is 0 Å². The maximum absolute atomic E-state index is 12.1. The van der Waals surface area contributed by atoms with Crippen LogP contribution in [0.5, 0.6) is 0 Å². The van der Waals surface area contributed by atoms with Gasteiger partial charge >= 0.3 is 12.1 Å². The van der Waals surface area contributed by atoms with Crippen LogP contribution in [0.3, 0.4) is 0 Å². The minimum absolute atomic E-state index is 0.103. The van der Waals surface area contributed by atoms with Crippen LogP contribution in [0.4, 0.5) is 4.79 Å². The highest BCUT2D eigenvalue weighted by molar-refractivity contribution is 5.87. The maximum atomic E-state index is 12.1. The van der Waals surface area contributed by atoms with E-state index in [1.165, 1.54) is 6.92 Å². The van der Waals surface area contributed by atoms with Crippen molar-refractivity contribution in [2.75, 3.05) is 26.2 Å². The summed E-state index contributed by atoms with van der Waals surface area (Å²) in [6.07, 6.45) is -1.30. The number of alkyl carbamates (subject to hydrolysis) is 1. The average molecular weight is 469 g/mol. The molecule has 2 aromatic rings. The number of fused-ring (bicyclic) bond motifs is 3. The number of aliphatic hydroxyl groups is 1. The van der Waals surface area contributed by atoms with Crippen LogP contribution in [0.1, 0.15) is 30.4 Å². The Balaban J connectivity index is 1.39. The molecule has 0 aliphatic heterocycles. The zero-order valence-corrected chi connectivity index (χ0v) is 18.7. The second-order valence-electron chi connectivity index (χ2n) is 8.30. The van der Waals surface area contributed by atoms with Crippen molar-refractivity contribution >= 4 is 23.9 Å². The first kappa shape index (κ1) is 24.7. The van der Waals surface area contributed by atoms with E-state index in [9.17, 15) is 24.3 Å². The van der Waals surface area contributed by atoms with Crippen molar-refractivity contribution in [1.82, 2.24) is 16.0 Å². The third-order valence-electron chi connectivity index (χ3n) is 5.38. The minimum Gasteiger partial charge on any atom is -0.481 e. The number of carboxylic acids is 1. The molecule has 0 radical (unpaired) electrons. The van der Waals surface area contributed by atoms with Crippen molar-refractivity contribution in [3.63, 3.8) is 0 Å². The Kier molecular flexibility index (Phi) is 7.85. The van der Waals surface area contributed by atoms with E-state index < -0.39 is 42.4 Å². The quantitative estimate of drug-likeness (QED) is 0.348. The molecule has 0 spiro atoms. The van der Waals surface area contributed by atoms with Crippen molar-refractivity contribution in [3.8, 4) is 11.1 Å². The summed E-state index contributed by atoms with van der Waals surface area (Å²) in [6.45, 7) is 0.319. The highest BCUT2D eigenvalue weighted by atomic mass is 16.5. The van der Waals surface area contributed by atoms with Gasteiger partial charge in [0.2, 0.25) is 11.8 Å². The van der Waals surface area contributed by atoms with Crippen molar-refractivity contribution in [1.29, 1.82) is 0 Å². The van der Waals surface area contributed by atoms with Crippen molar-refractivity contribution < 1.29 is 34.1 Å². The number of benzene rings is 2. The van der Waals surface area contributed by atoms with Crippen molar-refractivity contribution in [2.24, 2.45) is 0 Å². The summed E-state index contributed by atoms with van der Waals surface area (Å²) in [5, 5.41) is 25.6. The number of amides is 3. The molecule has 3 amide bonds. The van der Waals surface area contributed by atoms with Gasteiger partial charge in [-0.15, -0.1) is 0 Å². The molecule has 1 aliphatic carbocycles. The van der Waals surface area contributed by atoms with Gasteiger partial charge in [0.1, 0.15) is 13.2 Å². The predicted molar refractivity (Wildman–Crippen MR) is 122 cm³/mol. The molecule has 0 bridgehead atoms. The fourth-order valence-electron chi connectivity index (χ4n) is 3.78. The Labute approximate surface area is 196 Å². The molecule has 0 saturated heterocycles. The summed E-state index contributed by atoms with van der Waals surface area (Å²) in [6, 6.07) is 15.9. The number of carbonyl (C=O) groups excluding carboxylic acids is 3. The van der Waals surface area contributed by atoms with Crippen LogP contribution in [0, 0.1) is 0 Å². The molecule has 0 fully saturated rings. The Morgan fingerprint density at radius 1 is 0.882 bits per heavy atom. The van der Waals surface area contributed by atoms with Crippen LogP contribution >= 0.6 is 0 Å². The largest absolute Gasteiger partial charge is 0.481 e. The van der Waals surface area contributed by atoms with Gasteiger partial charge in [0.25, 0.3) is 0 Å². The molecular formula is C24H27N3O7. The number of carbonyl (C=O) groups is 4. The first-order valence-corrected chi connectivity index (χ1v) is 10.7. The number of ether oxygens (including phenoxy) is 1. The highest BCUT2D eigenvalue weighted by Crippen LogP contribution is 2.44. The smallest absolute Gasteiger partial charge is 0.407 e. The van der Waals surface area contributed by atoms with E-state index in [0.717, 1.165) is 22.3 Å². The molecule has 1 atom stereocenters. The summed E-state index contributed by atoms with van der Waals surface area (Å²) in [7, 11) is 0. The molecule has 34 heavy (non-hydrogen) atoms. The summed E-state index contributed by atoms with van der Waals surface area (Å²) in [4.78, 5) is 46.4. The van der Waals surface area contributed by atoms with E-state index in [0.29, 0.717) is 0 Å². The van der Waals surface area contributed by atoms with Crippen LogP contribution in [0.25, 0.3) is 11.1 Å². The number of nitrogens with one attached hydrogen (secondary N) is 3. The van der Waals surface area contributed by atoms with Gasteiger partial charge < -0.3 is 30.9 Å². The summed E-state index contributed by atoms with van der Waals surface area (Å²) in [5.41, 5.74) is 2.74. The second kappa shape index (κ2) is 10.8. The average Bonchev–Trinajstić information content (AvgIpc) is 3.11. The summed E-state index contributed by atoms with van der Waals surface area (Å²) >= 11 is 0. The zero-order valence-electron chi connectivity index (χ0n) is 18.7. The minimum atomic E-state index is -1.61. The number of hydrogen-bond donors (Lipinski definition) is 5. The molecule has 5 N–H and O–H groups in total. The van der Waals surface area contributed by atoms with E-state index in [1.807, 2.05) is 48.5 Å². The molecule has 180 valence electrons. The van der Waals surface area contributed by atoms with E-state index in [1.54, 1.807) is 0 Å². The first-order chi connectivity index (χ1) is 16.2.